The van der Waals surface area contributed by atoms with Crippen molar-refractivity contribution in [1.82, 2.24) is 0 Å². The van der Waals surface area contributed by atoms with E-state index in [0.29, 0.717) is 29.1 Å². The molecule has 200 valence electrons. The van der Waals surface area contributed by atoms with Crippen molar-refractivity contribution in [3.05, 3.63) is 35.5 Å². The van der Waals surface area contributed by atoms with Crippen LogP contribution in [0.25, 0.3) is 0 Å². The molecule has 0 aromatic heterocycles. The molecule has 0 aromatic carbocycles. The Morgan fingerprint density at radius 1 is 1.06 bits per heavy atom. The second kappa shape index (κ2) is 12.1. The summed E-state index contributed by atoms with van der Waals surface area (Å²) >= 11 is 0. The summed E-state index contributed by atoms with van der Waals surface area (Å²) in [5.41, 5.74) is 3.50. The van der Waals surface area contributed by atoms with Crippen LogP contribution in [0, 0.1) is 29.1 Å². The topological polar surface area (TPSA) is 60.7 Å². The highest BCUT2D eigenvalue weighted by molar-refractivity contribution is 5.37. The molecule has 0 spiro atoms. The van der Waals surface area contributed by atoms with Crippen molar-refractivity contribution in [1.29, 1.82) is 0 Å². The highest BCUT2D eigenvalue weighted by atomic mass is 16.3. The average Bonchev–Trinajstić information content (AvgIpc) is 3.13. The Balaban J connectivity index is 1.76. The normalized spacial score (nSPS) is 34.0. The third-order valence-electron chi connectivity index (χ3n) is 9.81. The summed E-state index contributed by atoms with van der Waals surface area (Å²) in [6.07, 6.45) is 18.4. The molecule has 3 saturated carbocycles. The molecule has 0 aliphatic heterocycles. The van der Waals surface area contributed by atoms with E-state index in [4.69, 9.17) is 0 Å². The van der Waals surface area contributed by atoms with E-state index in [0.717, 1.165) is 56.9 Å². The minimum absolute atomic E-state index is 0.218. The lowest BCUT2D eigenvalue weighted by Gasteiger charge is -2.45. The zero-order valence-electron chi connectivity index (χ0n) is 23.4. The Morgan fingerprint density at radius 3 is 2.49 bits per heavy atom. The quantitative estimate of drug-likeness (QED) is 0.299. The van der Waals surface area contributed by atoms with E-state index >= 15 is 0 Å². The molecule has 3 nitrogen and oxygen atoms in total. The predicted molar refractivity (Wildman–Crippen MR) is 147 cm³/mol. The lowest BCUT2D eigenvalue weighted by molar-refractivity contribution is 0.0479. The van der Waals surface area contributed by atoms with Crippen molar-refractivity contribution in [2.24, 2.45) is 29.1 Å². The lowest BCUT2D eigenvalue weighted by Crippen LogP contribution is -2.37. The van der Waals surface area contributed by atoms with Gasteiger partial charge in [-0.25, -0.2) is 0 Å². The van der Waals surface area contributed by atoms with Crippen molar-refractivity contribution in [3.8, 4) is 0 Å². The molecule has 35 heavy (non-hydrogen) atoms. The fourth-order valence-corrected chi connectivity index (χ4v) is 7.55. The number of allylic oxidation sites excluding steroid dienone is 3. The Morgan fingerprint density at radius 2 is 1.80 bits per heavy atom. The summed E-state index contributed by atoms with van der Waals surface area (Å²) in [6.45, 7) is 14.8. The molecule has 0 bridgehead atoms. The van der Waals surface area contributed by atoms with Crippen LogP contribution in [-0.4, -0.2) is 33.1 Å². The van der Waals surface area contributed by atoms with E-state index in [1.807, 2.05) is 13.8 Å². The van der Waals surface area contributed by atoms with Gasteiger partial charge in [0.2, 0.25) is 0 Å². The molecule has 3 rings (SSSR count). The van der Waals surface area contributed by atoms with Gasteiger partial charge in [-0.3, -0.25) is 0 Å². The molecule has 0 unspecified atom stereocenters. The zero-order valence-corrected chi connectivity index (χ0v) is 23.4. The van der Waals surface area contributed by atoms with Gasteiger partial charge in [0, 0.05) is 0 Å². The van der Waals surface area contributed by atoms with Crippen molar-refractivity contribution in [3.63, 3.8) is 0 Å². The van der Waals surface area contributed by atoms with Gasteiger partial charge in [-0.15, -0.1) is 0 Å². The van der Waals surface area contributed by atoms with Gasteiger partial charge in [-0.1, -0.05) is 57.9 Å². The molecule has 3 heteroatoms. The summed E-state index contributed by atoms with van der Waals surface area (Å²) in [4.78, 5) is 0. The zero-order chi connectivity index (χ0) is 25.8. The Bertz CT molecular complexity index is 770. The number of hydrogen-bond donors (Lipinski definition) is 3. The number of rotatable bonds is 10. The van der Waals surface area contributed by atoms with E-state index in [-0.39, 0.29) is 12.2 Å². The van der Waals surface area contributed by atoms with E-state index in [9.17, 15) is 15.3 Å². The summed E-state index contributed by atoms with van der Waals surface area (Å²) in [5, 5.41) is 31.1. The fourth-order valence-electron chi connectivity index (χ4n) is 7.55. The Labute approximate surface area is 215 Å². The highest BCUT2D eigenvalue weighted by Gasteiger charge is 2.51. The largest absolute Gasteiger partial charge is 0.393 e. The number of aliphatic hydroxyl groups excluding tert-OH is 2. The van der Waals surface area contributed by atoms with Crippen LogP contribution in [-0.2, 0) is 0 Å². The van der Waals surface area contributed by atoms with E-state index < -0.39 is 5.60 Å². The van der Waals surface area contributed by atoms with Gasteiger partial charge >= 0.3 is 0 Å². The van der Waals surface area contributed by atoms with Crippen molar-refractivity contribution in [2.45, 2.75) is 136 Å². The summed E-state index contributed by atoms with van der Waals surface area (Å²) in [7, 11) is 0. The van der Waals surface area contributed by atoms with Crippen LogP contribution in [0.1, 0.15) is 118 Å². The standard InChI is InChI=1S/C32H54O3/c1-22(2)29(33)19-16-26(11-8-20-31(4,5)35)28-18-17-27-25(12-9-21-32(27,28)6)15-14-24-10-7-13-30(34)23(24)3/h14-15,22,26-30,33-35H,3,7-13,16-21H2,1-2,4-6H3/b24-14-,25-15+/t26-,27+,28-,29-,30+,32+/m1/s1. The van der Waals surface area contributed by atoms with Gasteiger partial charge in [0.25, 0.3) is 0 Å². The third kappa shape index (κ3) is 7.33. The average molecular weight is 487 g/mol. The first-order valence-corrected chi connectivity index (χ1v) is 14.6. The first-order chi connectivity index (χ1) is 16.4. The lowest BCUT2D eigenvalue weighted by atomic mass is 9.60. The molecule has 0 heterocycles. The molecule has 3 N–H and O–H groups in total. The van der Waals surface area contributed by atoms with Crippen molar-refractivity contribution >= 4 is 0 Å². The van der Waals surface area contributed by atoms with E-state index in [2.05, 4.69) is 39.5 Å². The first kappa shape index (κ1) is 28.7. The molecule has 6 atom stereocenters. The number of hydrogen-bond acceptors (Lipinski definition) is 3. The number of aliphatic hydroxyl groups is 3. The van der Waals surface area contributed by atoms with Crippen molar-refractivity contribution in [2.75, 3.05) is 0 Å². The maximum absolute atomic E-state index is 10.6. The second-order valence-corrected chi connectivity index (χ2v) is 13.3. The van der Waals surface area contributed by atoms with Gasteiger partial charge in [0.1, 0.15) is 0 Å². The monoisotopic (exact) mass is 486 g/mol. The van der Waals surface area contributed by atoms with Gasteiger partial charge in [0.05, 0.1) is 17.8 Å². The van der Waals surface area contributed by atoms with Gasteiger partial charge < -0.3 is 15.3 Å². The Hall–Kier alpha value is -0.900. The van der Waals surface area contributed by atoms with Gasteiger partial charge in [-0.2, -0.15) is 0 Å². The molecular weight excluding hydrogens is 432 g/mol. The minimum atomic E-state index is -0.602. The summed E-state index contributed by atoms with van der Waals surface area (Å²) < 4.78 is 0. The molecule has 3 aliphatic rings. The molecule has 0 amide bonds. The maximum atomic E-state index is 10.6. The van der Waals surface area contributed by atoms with Crippen LogP contribution < -0.4 is 0 Å². The maximum Gasteiger partial charge on any atom is 0.0787 e. The second-order valence-electron chi connectivity index (χ2n) is 13.3. The first-order valence-electron chi connectivity index (χ1n) is 14.6. The molecule has 3 aliphatic carbocycles. The Kier molecular flexibility index (Phi) is 9.91. The van der Waals surface area contributed by atoms with Crippen LogP contribution >= 0.6 is 0 Å². The van der Waals surface area contributed by atoms with Crippen LogP contribution in [0.4, 0.5) is 0 Å². The van der Waals surface area contributed by atoms with Crippen LogP contribution in [0.15, 0.2) is 35.5 Å². The predicted octanol–water partition coefficient (Wildman–Crippen LogP) is 7.51. The van der Waals surface area contributed by atoms with Crippen LogP contribution in [0.3, 0.4) is 0 Å². The molecule has 0 radical (unpaired) electrons. The van der Waals surface area contributed by atoms with Crippen molar-refractivity contribution < 1.29 is 15.3 Å². The molecule has 3 fully saturated rings. The minimum Gasteiger partial charge on any atom is -0.393 e. The summed E-state index contributed by atoms with van der Waals surface area (Å²) in [5.74, 6) is 2.26. The van der Waals surface area contributed by atoms with E-state index in [1.54, 1.807) is 5.57 Å². The van der Waals surface area contributed by atoms with Gasteiger partial charge in [0.15, 0.2) is 0 Å². The third-order valence-corrected chi connectivity index (χ3v) is 9.81. The fraction of sp³-hybridized carbons (Fsp3) is 0.812. The smallest absolute Gasteiger partial charge is 0.0787 e. The molecule has 0 aromatic rings. The highest BCUT2D eigenvalue weighted by Crippen LogP contribution is 2.60. The van der Waals surface area contributed by atoms with Crippen LogP contribution in [0.2, 0.25) is 0 Å². The molecule has 0 saturated heterocycles. The molecular formula is C32H54O3. The summed E-state index contributed by atoms with van der Waals surface area (Å²) in [6, 6.07) is 0. The SMILES string of the molecule is C=C1/C(=C\C=C2/CCC[C@]3(C)[C@@H]([C@H](CCCC(C)(C)O)CC[C@@H](O)C(C)C)CC[C@@H]23)CCC[C@@H]1O. The number of fused-ring (bicyclic) bond motifs is 1. The van der Waals surface area contributed by atoms with E-state index in [1.165, 1.54) is 37.7 Å². The van der Waals surface area contributed by atoms with Crippen LogP contribution in [0.5, 0.6) is 0 Å². The van der Waals surface area contributed by atoms with Gasteiger partial charge in [-0.05, 0) is 125 Å².